The van der Waals surface area contributed by atoms with Crippen LogP contribution in [0.1, 0.15) is 47.6 Å². The number of aryl methyl sites for hydroxylation is 2. The fourth-order valence-electron chi connectivity index (χ4n) is 5.12. The molecule has 0 bridgehead atoms. The van der Waals surface area contributed by atoms with Crippen molar-refractivity contribution in [3.63, 3.8) is 0 Å². The van der Waals surface area contributed by atoms with Crippen LogP contribution in [-0.4, -0.2) is 56.5 Å². The van der Waals surface area contributed by atoms with Gasteiger partial charge >= 0.3 is 0 Å². The van der Waals surface area contributed by atoms with Crippen molar-refractivity contribution in [1.29, 1.82) is 0 Å². The molecule has 4 rings (SSSR count). The van der Waals surface area contributed by atoms with Crippen molar-refractivity contribution < 1.29 is 13.2 Å². The molecule has 34 heavy (non-hydrogen) atoms. The molecule has 10 heteroatoms. The lowest BCUT2D eigenvalue weighted by Gasteiger charge is -2.37. The van der Waals surface area contributed by atoms with E-state index in [1.165, 1.54) is 11.1 Å². The zero-order valence-corrected chi connectivity index (χ0v) is 22.9. The lowest BCUT2D eigenvalue weighted by molar-refractivity contribution is -0.118. The third-order valence-electron chi connectivity index (χ3n) is 6.76. The Labute approximate surface area is 219 Å². The highest BCUT2D eigenvalue weighted by Crippen LogP contribution is 2.46. The summed E-state index contributed by atoms with van der Waals surface area (Å²) < 4.78 is 25.6. The molecule has 1 unspecified atom stereocenters. The SMILES string of the molecule is CS(=O)(=O)NCC(=O)CCN1CCC(C2c3ncc(Br)cc3CCc3cc(Cl)cc(Cl)c32)CC1. The highest BCUT2D eigenvalue weighted by molar-refractivity contribution is 9.10. The second kappa shape index (κ2) is 10.9. The van der Waals surface area contributed by atoms with Crippen LogP contribution in [0, 0.1) is 5.92 Å². The number of piperidine rings is 1. The summed E-state index contributed by atoms with van der Waals surface area (Å²) in [7, 11) is -3.36. The van der Waals surface area contributed by atoms with Gasteiger partial charge in [-0.2, -0.15) is 0 Å². The number of fused-ring (bicyclic) bond motifs is 2. The van der Waals surface area contributed by atoms with E-state index in [2.05, 4.69) is 31.6 Å². The molecule has 1 atom stereocenters. The molecule has 184 valence electrons. The predicted molar refractivity (Wildman–Crippen MR) is 139 cm³/mol. The quantitative estimate of drug-likeness (QED) is 0.511. The van der Waals surface area contributed by atoms with Crippen molar-refractivity contribution in [3.05, 3.63) is 61.3 Å². The first kappa shape index (κ1) is 26.0. The lowest BCUT2D eigenvalue weighted by atomic mass is 9.76. The molecular formula is C24H28BrCl2N3O3S. The number of carbonyl (C=O) groups is 1. The minimum absolute atomic E-state index is 0.0994. The van der Waals surface area contributed by atoms with Crippen LogP contribution in [-0.2, 0) is 27.7 Å². The molecule has 2 aromatic rings. The second-order valence-electron chi connectivity index (χ2n) is 9.20. The van der Waals surface area contributed by atoms with Gasteiger partial charge in [0, 0.05) is 39.6 Å². The van der Waals surface area contributed by atoms with Crippen molar-refractivity contribution >= 4 is 54.9 Å². The Kier molecular flexibility index (Phi) is 8.37. The maximum atomic E-state index is 12.1. The van der Waals surface area contributed by atoms with Crippen LogP contribution in [0.4, 0.5) is 0 Å². The van der Waals surface area contributed by atoms with Crippen LogP contribution >= 0.6 is 39.1 Å². The molecule has 2 heterocycles. The first-order chi connectivity index (χ1) is 16.1. The second-order valence-corrected chi connectivity index (χ2v) is 12.8. The first-order valence-electron chi connectivity index (χ1n) is 11.4. The molecule has 0 amide bonds. The average molecular weight is 589 g/mol. The number of rotatable bonds is 7. The number of pyridine rings is 1. The van der Waals surface area contributed by atoms with E-state index in [4.69, 9.17) is 28.2 Å². The molecule has 2 aliphatic rings. The summed E-state index contributed by atoms with van der Waals surface area (Å²) in [5, 5.41) is 1.36. The van der Waals surface area contributed by atoms with Crippen LogP contribution in [0.2, 0.25) is 10.0 Å². The fourth-order valence-corrected chi connectivity index (χ4v) is 6.58. The maximum Gasteiger partial charge on any atom is 0.209 e. The average Bonchev–Trinajstić information content (AvgIpc) is 2.93. The van der Waals surface area contributed by atoms with Crippen LogP contribution in [0.15, 0.2) is 28.9 Å². The van der Waals surface area contributed by atoms with Gasteiger partial charge in [0.25, 0.3) is 0 Å². The molecule has 1 aromatic heterocycles. The van der Waals surface area contributed by atoms with E-state index in [9.17, 15) is 13.2 Å². The molecule has 1 aromatic carbocycles. The van der Waals surface area contributed by atoms with Crippen molar-refractivity contribution in [2.75, 3.05) is 32.4 Å². The van der Waals surface area contributed by atoms with Gasteiger partial charge in [-0.1, -0.05) is 23.2 Å². The molecule has 1 saturated heterocycles. The number of nitrogens with one attached hydrogen (secondary N) is 1. The zero-order valence-electron chi connectivity index (χ0n) is 19.0. The van der Waals surface area contributed by atoms with Gasteiger partial charge in [0.1, 0.15) is 5.78 Å². The monoisotopic (exact) mass is 587 g/mol. The molecule has 0 radical (unpaired) electrons. The number of benzene rings is 1. The molecule has 0 saturated carbocycles. The van der Waals surface area contributed by atoms with E-state index >= 15 is 0 Å². The summed E-state index contributed by atoms with van der Waals surface area (Å²) in [5.74, 6) is 0.382. The molecule has 0 spiro atoms. The van der Waals surface area contributed by atoms with Crippen molar-refractivity contribution in [2.24, 2.45) is 5.92 Å². The number of ketones is 1. The van der Waals surface area contributed by atoms with Crippen LogP contribution in [0.3, 0.4) is 0 Å². The summed E-state index contributed by atoms with van der Waals surface area (Å²) in [4.78, 5) is 19.2. The van der Waals surface area contributed by atoms with Crippen LogP contribution in [0.25, 0.3) is 0 Å². The topological polar surface area (TPSA) is 79.4 Å². The van der Waals surface area contributed by atoms with Gasteiger partial charge in [0.2, 0.25) is 10.0 Å². The van der Waals surface area contributed by atoms with Crippen LogP contribution in [0.5, 0.6) is 0 Å². The number of likely N-dealkylation sites (tertiary alicyclic amines) is 1. The molecule has 1 aliphatic heterocycles. The van der Waals surface area contributed by atoms with Gasteiger partial charge in [-0.05, 0) is 95.5 Å². The summed E-state index contributed by atoms with van der Waals surface area (Å²) in [5.41, 5.74) is 4.70. The molecule has 1 aliphatic carbocycles. The summed E-state index contributed by atoms with van der Waals surface area (Å²) in [6.07, 6.45) is 6.97. The summed E-state index contributed by atoms with van der Waals surface area (Å²) in [6, 6.07) is 6.05. The number of halogens is 3. The Bertz CT molecular complexity index is 1180. The molecule has 1 fully saturated rings. The normalized spacial score (nSPS) is 19.4. The Hall–Kier alpha value is -1.03. The van der Waals surface area contributed by atoms with Gasteiger partial charge < -0.3 is 4.90 Å². The zero-order chi connectivity index (χ0) is 24.5. The Balaban J connectivity index is 1.49. The Morgan fingerprint density at radius 2 is 1.88 bits per heavy atom. The molecule has 6 nitrogen and oxygen atoms in total. The van der Waals surface area contributed by atoms with E-state index in [1.54, 1.807) is 0 Å². The minimum Gasteiger partial charge on any atom is -0.303 e. The van der Waals surface area contributed by atoms with Gasteiger partial charge in [-0.3, -0.25) is 9.78 Å². The van der Waals surface area contributed by atoms with E-state index in [0.29, 0.717) is 28.9 Å². The van der Waals surface area contributed by atoms with Crippen LogP contribution < -0.4 is 4.72 Å². The largest absolute Gasteiger partial charge is 0.303 e. The highest BCUT2D eigenvalue weighted by atomic mass is 79.9. The number of nitrogens with zero attached hydrogens (tertiary/aromatic N) is 2. The number of Topliss-reactive ketones (excluding diaryl/α,β-unsaturated/α-hetero) is 1. The molecule has 1 N–H and O–H groups in total. The van der Waals surface area contributed by atoms with Gasteiger partial charge in [0.15, 0.2) is 0 Å². The van der Waals surface area contributed by atoms with Crippen molar-refractivity contribution in [1.82, 2.24) is 14.6 Å². The summed E-state index contributed by atoms with van der Waals surface area (Å²) in [6.45, 7) is 2.24. The fraction of sp³-hybridized carbons (Fsp3) is 0.500. The number of aromatic nitrogens is 1. The third-order valence-corrected chi connectivity index (χ3v) is 8.39. The van der Waals surface area contributed by atoms with Crippen molar-refractivity contribution in [3.8, 4) is 0 Å². The van der Waals surface area contributed by atoms with Gasteiger partial charge in [0.05, 0.1) is 18.5 Å². The van der Waals surface area contributed by atoms with E-state index in [1.807, 2.05) is 18.3 Å². The van der Waals surface area contributed by atoms with Crippen molar-refractivity contribution in [2.45, 2.75) is 38.0 Å². The summed E-state index contributed by atoms with van der Waals surface area (Å²) >= 11 is 16.7. The third kappa shape index (κ3) is 6.39. The molecular weight excluding hydrogens is 561 g/mol. The number of hydrogen-bond acceptors (Lipinski definition) is 5. The van der Waals surface area contributed by atoms with E-state index in [-0.39, 0.29) is 18.2 Å². The van der Waals surface area contributed by atoms with E-state index < -0.39 is 10.0 Å². The van der Waals surface area contributed by atoms with Gasteiger partial charge in [-0.25, -0.2) is 13.1 Å². The van der Waals surface area contributed by atoms with Gasteiger partial charge in [-0.15, -0.1) is 0 Å². The smallest absolute Gasteiger partial charge is 0.209 e. The number of hydrogen-bond donors (Lipinski definition) is 1. The predicted octanol–water partition coefficient (Wildman–Crippen LogP) is 4.60. The Morgan fingerprint density at radius 1 is 1.18 bits per heavy atom. The highest BCUT2D eigenvalue weighted by Gasteiger charge is 2.35. The first-order valence-corrected chi connectivity index (χ1v) is 14.9. The minimum atomic E-state index is -3.36. The maximum absolute atomic E-state index is 12.1. The Morgan fingerprint density at radius 3 is 2.59 bits per heavy atom. The number of carbonyl (C=O) groups excluding carboxylic acids is 1. The lowest BCUT2D eigenvalue weighted by Crippen LogP contribution is -2.38. The van der Waals surface area contributed by atoms with E-state index in [0.717, 1.165) is 60.8 Å². The number of sulfonamides is 1. The standard InChI is InChI=1S/C24H28BrCl2N3O3S/c1-34(32,33)29-14-20(31)6-9-30-7-4-15(5-8-30)23-22-16(11-19(26)12-21(22)27)2-3-17-10-18(25)13-28-24(17)23/h10-13,15,23,29H,2-9,14H2,1H3.